The Kier molecular flexibility index (Phi) is 3.84. The highest BCUT2D eigenvalue weighted by molar-refractivity contribution is 6.06. The molecule has 2 aromatic rings. The fraction of sp³-hybridized carbons (Fsp3) is 0.250. The van der Waals surface area contributed by atoms with Crippen molar-refractivity contribution in [2.75, 3.05) is 5.32 Å². The molecular formula is C16H18N2O3. The van der Waals surface area contributed by atoms with Crippen molar-refractivity contribution in [2.45, 2.75) is 26.2 Å². The van der Waals surface area contributed by atoms with Crippen LogP contribution >= 0.6 is 0 Å². The summed E-state index contributed by atoms with van der Waals surface area (Å²) >= 11 is 0. The van der Waals surface area contributed by atoms with Crippen molar-refractivity contribution in [1.29, 1.82) is 0 Å². The number of nitrogens with one attached hydrogen (secondary N) is 2. The number of aromatic hydroxyl groups is 1. The van der Waals surface area contributed by atoms with E-state index in [0.717, 1.165) is 11.6 Å². The van der Waals surface area contributed by atoms with E-state index in [9.17, 15) is 14.7 Å². The van der Waals surface area contributed by atoms with E-state index in [4.69, 9.17) is 0 Å². The summed E-state index contributed by atoms with van der Waals surface area (Å²) in [5.74, 6) is -0.815. The average molecular weight is 286 g/mol. The molecule has 1 aromatic heterocycles. The van der Waals surface area contributed by atoms with Gasteiger partial charge >= 0.3 is 0 Å². The van der Waals surface area contributed by atoms with Gasteiger partial charge in [-0.1, -0.05) is 39.0 Å². The van der Waals surface area contributed by atoms with Crippen LogP contribution < -0.4 is 10.9 Å². The molecule has 0 aliphatic heterocycles. The van der Waals surface area contributed by atoms with Crippen LogP contribution in [0.3, 0.4) is 0 Å². The molecule has 0 bridgehead atoms. The second-order valence-corrected chi connectivity index (χ2v) is 5.85. The van der Waals surface area contributed by atoms with Crippen LogP contribution in [0.15, 0.2) is 41.3 Å². The molecule has 1 heterocycles. The van der Waals surface area contributed by atoms with Gasteiger partial charge in [0.1, 0.15) is 5.75 Å². The van der Waals surface area contributed by atoms with Gasteiger partial charge in [-0.3, -0.25) is 9.59 Å². The quantitative estimate of drug-likeness (QED) is 0.793. The molecule has 2 rings (SSSR count). The molecule has 0 aliphatic rings. The van der Waals surface area contributed by atoms with Gasteiger partial charge in [-0.05, 0) is 17.0 Å². The third kappa shape index (κ3) is 3.31. The third-order valence-corrected chi connectivity index (χ3v) is 3.13. The summed E-state index contributed by atoms with van der Waals surface area (Å²) in [5, 5.41) is 12.5. The minimum atomic E-state index is -0.472. The first-order chi connectivity index (χ1) is 9.79. The van der Waals surface area contributed by atoms with Crippen LogP contribution in [-0.4, -0.2) is 16.0 Å². The Labute approximate surface area is 122 Å². The molecular weight excluding hydrogens is 268 g/mol. The number of anilines is 1. The lowest BCUT2D eigenvalue weighted by molar-refractivity contribution is 0.102. The standard InChI is InChI=1S/C16H18N2O3/c1-16(2,3)11-6-4-5-7-12(11)18-15(21)10-9-17-14(20)8-13(10)19/h4-9H,1-3H3,(H,18,21)(H2,17,19,20). The number of carbonyl (C=O) groups excluding carboxylic acids is 1. The van der Waals surface area contributed by atoms with Crippen LogP contribution in [0.5, 0.6) is 5.75 Å². The Hall–Kier alpha value is -2.56. The van der Waals surface area contributed by atoms with E-state index < -0.39 is 11.5 Å². The monoisotopic (exact) mass is 286 g/mol. The van der Waals surface area contributed by atoms with Crippen molar-refractivity contribution in [3.63, 3.8) is 0 Å². The lowest BCUT2D eigenvalue weighted by Crippen LogP contribution is -2.19. The molecule has 0 radical (unpaired) electrons. The van der Waals surface area contributed by atoms with Crippen LogP contribution in [-0.2, 0) is 5.41 Å². The molecule has 110 valence electrons. The van der Waals surface area contributed by atoms with Crippen LogP contribution in [0.25, 0.3) is 0 Å². The lowest BCUT2D eigenvalue weighted by Gasteiger charge is -2.23. The maximum atomic E-state index is 12.2. The zero-order chi connectivity index (χ0) is 15.6. The van der Waals surface area contributed by atoms with Crippen molar-refractivity contribution < 1.29 is 9.90 Å². The van der Waals surface area contributed by atoms with Gasteiger partial charge in [0.25, 0.3) is 11.5 Å². The second kappa shape index (κ2) is 5.44. The zero-order valence-corrected chi connectivity index (χ0v) is 12.2. The number of rotatable bonds is 2. The highest BCUT2D eigenvalue weighted by Crippen LogP contribution is 2.29. The number of hydrogen-bond donors (Lipinski definition) is 3. The molecule has 0 spiro atoms. The number of aromatic amines is 1. The maximum absolute atomic E-state index is 12.2. The predicted octanol–water partition coefficient (Wildman–Crippen LogP) is 2.63. The van der Waals surface area contributed by atoms with E-state index in [1.165, 1.54) is 6.20 Å². The molecule has 5 nitrogen and oxygen atoms in total. The Morgan fingerprint density at radius 3 is 2.52 bits per heavy atom. The molecule has 0 aliphatic carbocycles. The summed E-state index contributed by atoms with van der Waals surface area (Å²) in [7, 11) is 0. The number of aromatic nitrogens is 1. The van der Waals surface area contributed by atoms with Gasteiger partial charge in [0, 0.05) is 18.0 Å². The first-order valence-corrected chi connectivity index (χ1v) is 6.61. The van der Waals surface area contributed by atoms with E-state index in [0.29, 0.717) is 5.69 Å². The highest BCUT2D eigenvalue weighted by Gasteiger charge is 2.20. The lowest BCUT2D eigenvalue weighted by atomic mass is 9.86. The van der Waals surface area contributed by atoms with Gasteiger partial charge in [0.2, 0.25) is 0 Å². The van der Waals surface area contributed by atoms with Gasteiger partial charge in [-0.15, -0.1) is 0 Å². The molecule has 0 atom stereocenters. The topological polar surface area (TPSA) is 82.2 Å². The zero-order valence-electron chi connectivity index (χ0n) is 12.2. The highest BCUT2D eigenvalue weighted by atomic mass is 16.3. The maximum Gasteiger partial charge on any atom is 0.260 e. The Bertz CT molecular complexity index is 727. The minimum Gasteiger partial charge on any atom is -0.507 e. The molecule has 3 N–H and O–H groups in total. The van der Waals surface area contributed by atoms with E-state index in [1.807, 2.05) is 18.2 Å². The largest absolute Gasteiger partial charge is 0.507 e. The second-order valence-electron chi connectivity index (χ2n) is 5.85. The van der Waals surface area contributed by atoms with Crippen LogP contribution in [0.1, 0.15) is 36.7 Å². The number of benzene rings is 1. The number of hydrogen-bond acceptors (Lipinski definition) is 3. The fourth-order valence-corrected chi connectivity index (χ4v) is 2.08. The molecule has 0 unspecified atom stereocenters. The Balaban J connectivity index is 2.35. The Morgan fingerprint density at radius 1 is 1.24 bits per heavy atom. The summed E-state index contributed by atoms with van der Waals surface area (Å²) < 4.78 is 0. The van der Waals surface area contributed by atoms with Crippen molar-refractivity contribution in [3.05, 3.63) is 58.0 Å². The average Bonchev–Trinajstić information content (AvgIpc) is 2.37. The summed E-state index contributed by atoms with van der Waals surface area (Å²) in [6.45, 7) is 6.15. The van der Waals surface area contributed by atoms with E-state index in [1.54, 1.807) is 6.07 Å². The molecule has 5 heteroatoms. The first-order valence-electron chi connectivity index (χ1n) is 6.61. The smallest absolute Gasteiger partial charge is 0.260 e. The molecule has 0 saturated carbocycles. The Morgan fingerprint density at radius 2 is 1.90 bits per heavy atom. The normalized spacial score (nSPS) is 11.2. The van der Waals surface area contributed by atoms with E-state index in [2.05, 4.69) is 31.1 Å². The van der Waals surface area contributed by atoms with Crippen molar-refractivity contribution in [1.82, 2.24) is 4.98 Å². The first kappa shape index (κ1) is 14.8. The SMILES string of the molecule is CC(C)(C)c1ccccc1NC(=O)c1c[nH]c(=O)cc1O. The molecule has 1 aromatic carbocycles. The van der Waals surface area contributed by atoms with Crippen LogP contribution in [0.2, 0.25) is 0 Å². The third-order valence-electron chi connectivity index (χ3n) is 3.13. The number of pyridine rings is 1. The molecule has 0 saturated heterocycles. The molecule has 0 fully saturated rings. The van der Waals surface area contributed by atoms with E-state index >= 15 is 0 Å². The fourth-order valence-electron chi connectivity index (χ4n) is 2.08. The van der Waals surface area contributed by atoms with Crippen molar-refractivity contribution in [2.24, 2.45) is 0 Å². The van der Waals surface area contributed by atoms with Crippen LogP contribution in [0.4, 0.5) is 5.69 Å². The molecule has 1 amide bonds. The number of para-hydroxylation sites is 1. The predicted molar refractivity (Wildman–Crippen MR) is 81.8 cm³/mol. The summed E-state index contributed by atoms with van der Waals surface area (Å²) in [4.78, 5) is 25.7. The van der Waals surface area contributed by atoms with Gasteiger partial charge in [-0.25, -0.2) is 0 Å². The summed E-state index contributed by atoms with van der Waals surface area (Å²) in [5.41, 5.74) is 1.11. The van der Waals surface area contributed by atoms with Crippen molar-refractivity contribution >= 4 is 11.6 Å². The van der Waals surface area contributed by atoms with E-state index in [-0.39, 0.29) is 16.7 Å². The molecule has 21 heavy (non-hydrogen) atoms. The summed E-state index contributed by atoms with van der Waals surface area (Å²) in [6, 6.07) is 8.47. The minimum absolute atomic E-state index is 0.0262. The number of H-pyrrole nitrogens is 1. The van der Waals surface area contributed by atoms with Gasteiger partial charge in [0.15, 0.2) is 0 Å². The van der Waals surface area contributed by atoms with Crippen LogP contribution in [0, 0.1) is 0 Å². The van der Waals surface area contributed by atoms with Crippen molar-refractivity contribution in [3.8, 4) is 5.75 Å². The summed E-state index contributed by atoms with van der Waals surface area (Å²) in [6.07, 6.45) is 1.20. The number of carbonyl (C=O) groups is 1. The van der Waals surface area contributed by atoms with Gasteiger partial charge in [-0.2, -0.15) is 0 Å². The van der Waals surface area contributed by atoms with Gasteiger partial charge < -0.3 is 15.4 Å². The van der Waals surface area contributed by atoms with Gasteiger partial charge in [0.05, 0.1) is 5.56 Å². The number of amides is 1.